The molecule has 0 bridgehead atoms. The van der Waals surface area contributed by atoms with Crippen molar-refractivity contribution in [1.29, 1.82) is 0 Å². The van der Waals surface area contributed by atoms with Crippen LogP contribution in [0.25, 0.3) is 0 Å². The van der Waals surface area contributed by atoms with Gasteiger partial charge >= 0.3 is 0 Å². The Kier molecular flexibility index (Phi) is 2.96. The van der Waals surface area contributed by atoms with Crippen molar-refractivity contribution < 1.29 is 4.92 Å². The largest absolute Gasteiger partial charge is 0.377 e. The van der Waals surface area contributed by atoms with Gasteiger partial charge in [-0.1, -0.05) is 11.6 Å². The molecule has 0 fully saturated rings. The Morgan fingerprint density at radius 1 is 1.43 bits per heavy atom. The molecule has 0 aliphatic heterocycles. The molecular formula is C9H11ClN2O2. The average molecular weight is 215 g/mol. The van der Waals surface area contributed by atoms with Crippen molar-refractivity contribution >= 4 is 23.0 Å². The summed E-state index contributed by atoms with van der Waals surface area (Å²) < 4.78 is 0. The minimum Gasteiger partial charge on any atom is -0.377 e. The van der Waals surface area contributed by atoms with Crippen LogP contribution in [0.5, 0.6) is 0 Å². The first kappa shape index (κ1) is 10.8. The average Bonchev–Trinajstić information content (AvgIpc) is 2.02. The van der Waals surface area contributed by atoms with Crippen LogP contribution in [0.4, 0.5) is 11.4 Å². The van der Waals surface area contributed by atoms with Crippen LogP contribution in [0.2, 0.25) is 5.02 Å². The summed E-state index contributed by atoms with van der Waals surface area (Å²) in [6.07, 6.45) is 0. The number of rotatable bonds is 2. The lowest BCUT2D eigenvalue weighted by Gasteiger charge is -2.15. The summed E-state index contributed by atoms with van der Waals surface area (Å²) in [5, 5.41) is 10.9. The van der Waals surface area contributed by atoms with Crippen molar-refractivity contribution in [1.82, 2.24) is 0 Å². The van der Waals surface area contributed by atoms with Crippen molar-refractivity contribution in [2.45, 2.75) is 6.92 Å². The van der Waals surface area contributed by atoms with Crippen molar-refractivity contribution in [3.8, 4) is 0 Å². The second-order valence-corrected chi connectivity index (χ2v) is 3.60. The summed E-state index contributed by atoms with van der Waals surface area (Å²) in [4.78, 5) is 12.1. The fourth-order valence-corrected chi connectivity index (χ4v) is 1.64. The minimum absolute atomic E-state index is 0.0159. The van der Waals surface area contributed by atoms with E-state index in [-0.39, 0.29) is 10.7 Å². The van der Waals surface area contributed by atoms with Crippen LogP contribution in [0.15, 0.2) is 12.1 Å². The number of hydrogen-bond acceptors (Lipinski definition) is 3. The van der Waals surface area contributed by atoms with Gasteiger partial charge in [0.25, 0.3) is 5.69 Å². The smallest absolute Gasteiger partial charge is 0.292 e. The Balaban J connectivity index is 3.41. The van der Waals surface area contributed by atoms with Crippen LogP contribution >= 0.6 is 11.6 Å². The first-order valence-corrected chi connectivity index (χ1v) is 4.43. The highest BCUT2D eigenvalue weighted by atomic mass is 35.5. The van der Waals surface area contributed by atoms with E-state index in [1.165, 1.54) is 0 Å². The number of nitro groups is 1. The molecule has 0 N–H and O–H groups in total. The second-order valence-electron chi connectivity index (χ2n) is 3.19. The van der Waals surface area contributed by atoms with Gasteiger partial charge in [-0.05, 0) is 19.1 Å². The molecule has 0 saturated heterocycles. The molecule has 0 radical (unpaired) electrons. The molecule has 0 spiro atoms. The summed E-state index contributed by atoms with van der Waals surface area (Å²) in [5.74, 6) is 0. The van der Waals surface area contributed by atoms with Crippen molar-refractivity contribution in [2.24, 2.45) is 0 Å². The zero-order valence-corrected chi connectivity index (χ0v) is 9.00. The quantitative estimate of drug-likeness (QED) is 0.562. The van der Waals surface area contributed by atoms with Crippen LogP contribution in [0.3, 0.4) is 0 Å². The van der Waals surface area contributed by atoms with Gasteiger partial charge in [0, 0.05) is 19.8 Å². The zero-order chi connectivity index (χ0) is 10.9. The molecule has 1 aromatic carbocycles. The lowest BCUT2D eigenvalue weighted by atomic mass is 10.1. The lowest BCUT2D eigenvalue weighted by Crippen LogP contribution is -2.11. The molecule has 0 saturated carbocycles. The molecule has 0 amide bonds. The van der Waals surface area contributed by atoms with Gasteiger partial charge in [-0.3, -0.25) is 10.1 Å². The number of anilines is 1. The summed E-state index contributed by atoms with van der Waals surface area (Å²) in [6, 6.07) is 3.31. The van der Waals surface area contributed by atoms with Gasteiger partial charge in [0.2, 0.25) is 0 Å². The van der Waals surface area contributed by atoms with Gasteiger partial charge in [-0.25, -0.2) is 0 Å². The lowest BCUT2D eigenvalue weighted by molar-refractivity contribution is -0.385. The number of benzene rings is 1. The van der Waals surface area contributed by atoms with Crippen molar-refractivity contribution in [2.75, 3.05) is 19.0 Å². The molecule has 1 aromatic rings. The SMILES string of the molecule is Cc1c(N(C)C)ccc(Cl)c1[N+](=O)[O-]. The van der Waals surface area contributed by atoms with Gasteiger partial charge in [0.1, 0.15) is 5.02 Å². The highest BCUT2D eigenvalue weighted by molar-refractivity contribution is 6.33. The zero-order valence-electron chi connectivity index (χ0n) is 8.24. The van der Waals surface area contributed by atoms with E-state index >= 15 is 0 Å². The summed E-state index contributed by atoms with van der Waals surface area (Å²) >= 11 is 5.74. The Morgan fingerprint density at radius 2 is 2.00 bits per heavy atom. The molecular weight excluding hydrogens is 204 g/mol. The Hall–Kier alpha value is -1.29. The third-order valence-corrected chi connectivity index (χ3v) is 2.32. The maximum absolute atomic E-state index is 10.7. The number of halogens is 1. The summed E-state index contributed by atoms with van der Waals surface area (Å²) in [6.45, 7) is 1.69. The molecule has 1 rings (SSSR count). The van der Waals surface area contributed by atoms with Crippen molar-refractivity contribution in [3.63, 3.8) is 0 Å². The first-order valence-electron chi connectivity index (χ1n) is 4.06. The number of hydrogen-bond donors (Lipinski definition) is 0. The highest BCUT2D eigenvalue weighted by Crippen LogP contribution is 2.33. The number of nitrogens with zero attached hydrogens (tertiary/aromatic N) is 2. The summed E-state index contributed by atoms with van der Waals surface area (Å²) in [5.41, 5.74) is 1.38. The molecule has 4 nitrogen and oxygen atoms in total. The first-order chi connectivity index (χ1) is 6.45. The van der Waals surface area contributed by atoms with E-state index in [2.05, 4.69) is 0 Å². The molecule has 76 valence electrons. The van der Waals surface area contributed by atoms with E-state index in [1.807, 2.05) is 19.0 Å². The minimum atomic E-state index is -0.454. The summed E-state index contributed by atoms with van der Waals surface area (Å²) in [7, 11) is 3.67. The predicted octanol–water partition coefficient (Wildman–Crippen LogP) is 2.62. The maximum atomic E-state index is 10.7. The Bertz CT molecular complexity index is 377. The monoisotopic (exact) mass is 214 g/mol. The highest BCUT2D eigenvalue weighted by Gasteiger charge is 2.19. The Morgan fingerprint density at radius 3 is 2.43 bits per heavy atom. The van der Waals surface area contributed by atoms with Gasteiger partial charge < -0.3 is 4.90 Å². The standard InChI is InChI=1S/C9H11ClN2O2/c1-6-8(11(2)3)5-4-7(10)9(6)12(13)14/h4-5H,1-3H3. The van der Waals surface area contributed by atoms with Gasteiger partial charge in [0.05, 0.1) is 10.5 Å². The van der Waals surface area contributed by atoms with Crippen LogP contribution < -0.4 is 4.90 Å². The molecule has 0 heterocycles. The van der Waals surface area contributed by atoms with Gasteiger partial charge in [-0.2, -0.15) is 0 Å². The molecule has 14 heavy (non-hydrogen) atoms. The van der Waals surface area contributed by atoms with Crippen LogP contribution in [-0.4, -0.2) is 19.0 Å². The molecule has 0 atom stereocenters. The van der Waals surface area contributed by atoms with E-state index in [4.69, 9.17) is 11.6 Å². The van der Waals surface area contributed by atoms with Crippen LogP contribution in [-0.2, 0) is 0 Å². The predicted molar refractivity (Wildman–Crippen MR) is 57.2 cm³/mol. The third kappa shape index (κ3) is 1.80. The van der Waals surface area contributed by atoms with E-state index in [0.29, 0.717) is 5.56 Å². The van der Waals surface area contributed by atoms with Gasteiger partial charge in [0.15, 0.2) is 0 Å². The Labute approximate surface area is 87.2 Å². The third-order valence-electron chi connectivity index (χ3n) is 2.02. The second kappa shape index (κ2) is 3.84. The fourth-order valence-electron chi connectivity index (χ4n) is 1.37. The fraction of sp³-hybridized carbons (Fsp3) is 0.333. The normalized spacial score (nSPS) is 10.0. The van der Waals surface area contributed by atoms with Crippen molar-refractivity contribution in [3.05, 3.63) is 32.8 Å². The molecule has 5 heteroatoms. The maximum Gasteiger partial charge on any atom is 0.292 e. The molecule has 0 aliphatic carbocycles. The topological polar surface area (TPSA) is 46.4 Å². The van der Waals surface area contributed by atoms with Crippen LogP contribution in [0.1, 0.15) is 5.56 Å². The van der Waals surface area contributed by atoms with Crippen LogP contribution in [0, 0.1) is 17.0 Å². The number of nitro benzene ring substituents is 1. The van der Waals surface area contributed by atoms with E-state index in [9.17, 15) is 10.1 Å². The molecule has 0 aromatic heterocycles. The molecule has 0 aliphatic rings. The van der Waals surface area contributed by atoms with Gasteiger partial charge in [-0.15, -0.1) is 0 Å². The van der Waals surface area contributed by atoms with E-state index < -0.39 is 4.92 Å². The van der Waals surface area contributed by atoms with E-state index in [1.54, 1.807) is 19.1 Å². The molecule has 0 unspecified atom stereocenters. The van der Waals surface area contributed by atoms with E-state index in [0.717, 1.165) is 5.69 Å².